The lowest BCUT2D eigenvalue weighted by Gasteiger charge is -2.39. The van der Waals surface area contributed by atoms with E-state index in [9.17, 15) is 19.2 Å². The third-order valence-electron chi connectivity index (χ3n) is 5.65. The van der Waals surface area contributed by atoms with E-state index in [-0.39, 0.29) is 34.6 Å². The van der Waals surface area contributed by atoms with Crippen molar-refractivity contribution in [1.82, 2.24) is 0 Å². The molecule has 2 fully saturated rings. The maximum absolute atomic E-state index is 12.2. The van der Waals surface area contributed by atoms with Crippen LogP contribution in [0.4, 0.5) is 0 Å². The third-order valence-corrected chi connectivity index (χ3v) is 5.65. The Morgan fingerprint density at radius 3 is 2.55 bits per heavy atom. The lowest BCUT2D eigenvalue weighted by Crippen LogP contribution is -2.42. The number of carbonyl (C=O) groups excluding carboxylic acids is 4. The van der Waals surface area contributed by atoms with E-state index < -0.39 is 0 Å². The van der Waals surface area contributed by atoms with E-state index in [0.29, 0.717) is 57.1 Å². The van der Waals surface area contributed by atoms with Crippen LogP contribution < -0.4 is 0 Å². The van der Waals surface area contributed by atoms with Crippen LogP contribution in [0, 0.1) is 17.3 Å². The highest BCUT2D eigenvalue weighted by atomic mass is 16.1. The lowest BCUT2D eigenvalue weighted by atomic mass is 9.62. The van der Waals surface area contributed by atoms with Crippen LogP contribution >= 0.6 is 0 Å². The first kappa shape index (κ1) is 17.0. The number of hydrogen-bond acceptors (Lipinski definition) is 4. The molecule has 0 aromatic heterocycles. The molecule has 0 spiro atoms. The lowest BCUT2D eigenvalue weighted by molar-refractivity contribution is -0.137. The normalized spacial score (nSPS) is 31.2. The van der Waals surface area contributed by atoms with Gasteiger partial charge in [0.1, 0.15) is 23.1 Å². The minimum atomic E-state index is -0.337. The van der Waals surface area contributed by atoms with Gasteiger partial charge in [0.2, 0.25) is 0 Å². The molecule has 0 N–H and O–H groups in total. The third kappa shape index (κ3) is 3.53. The smallest absolute Gasteiger partial charge is 0.139 e. The Bertz CT molecular complexity index is 493. The number of ketones is 4. The predicted octanol–water partition coefficient (Wildman–Crippen LogP) is 3.06. The van der Waals surface area contributed by atoms with Crippen LogP contribution in [0.1, 0.15) is 71.6 Å². The molecule has 0 amide bonds. The van der Waals surface area contributed by atoms with Gasteiger partial charge >= 0.3 is 0 Å². The average molecular weight is 306 g/mol. The molecular weight excluding hydrogens is 280 g/mol. The van der Waals surface area contributed by atoms with Gasteiger partial charge in [0, 0.05) is 43.4 Å². The van der Waals surface area contributed by atoms with Gasteiger partial charge in [-0.25, -0.2) is 0 Å². The van der Waals surface area contributed by atoms with Crippen molar-refractivity contribution < 1.29 is 19.2 Å². The summed E-state index contributed by atoms with van der Waals surface area (Å²) in [5.74, 6) is 0.769. The van der Waals surface area contributed by atoms with Crippen LogP contribution in [0.15, 0.2) is 0 Å². The van der Waals surface area contributed by atoms with Gasteiger partial charge in [0.05, 0.1) is 0 Å². The summed E-state index contributed by atoms with van der Waals surface area (Å²) in [6.07, 6.45) is 4.97. The molecule has 0 heterocycles. The second kappa shape index (κ2) is 6.84. The molecule has 2 aliphatic rings. The standard InChI is InChI=1S/C18H26O4/c1-12(19)4-3-5-13(20)6-7-14-15-8-9-17(22)18(15,2)11-10-16(14)21/h14-15H,3-11H2,1-2H3. The van der Waals surface area contributed by atoms with Crippen LogP contribution in [0.2, 0.25) is 0 Å². The summed E-state index contributed by atoms with van der Waals surface area (Å²) in [4.78, 5) is 47.1. The van der Waals surface area contributed by atoms with Crippen LogP contribution in [0.3, 0.4) is 0 Å². The van der Waals surface area contributed by atoms with Crippen molar-refractivity contribution in [3.63, 3.8) is 0 Å². The SMILES string of the molecule is CC(=O)CCCC(=O)CCC1C(=O)CCC2(C)C(=O)CCC12. The van der Waals surface area contributed by atoms with Gasteiger partial charge in [-0.15, -0.1) is 0 Å². The van der Waals surface area contributed by atoms with Crippen molar-refractivity contribution in [2.75, 3.05) is 0 Å². The Morgan fingerprint density at radius 1 is 1.14 bits per heavy atom. The fourth-order valence-electron chi connectivity index (χ4n) is 4.20. The number of fused-ring (bicyclic) bond motifs is 1. The van der Waals surface area contributed by atoms with Crippen molar-refractivity contribution in [3.8, 4) is 0 Å². The molecule has 122 valence electrons. The molecule has 3 unspecified atom stereocenters. The zero-order valence-electron chi connectivity index (χ0n) is 13.7. The summed E-state index contributed by atoms with van der Waals surface area (Å²) in [6.45, 7) is 3.53. The fourth-order valence-corrected chi connectivity index (χ4v) is 4.20. The first-order valence-corrected chi connectivity index (χ1v) is 8.41. The largest absolute Gasteiger partial charge is 0.300 e. The van der Waals surface area contributed by atoms with Crippen molar-refractivity contribution in [2.24, 2.45) is 17.3 Å². The van der Waals surface area contributed by atoms with E-state index in [0.717, 1.165) is 6.42 Å². The van der Waals surface area contributed by atoms with E-state index in [1.54, 1.807) is 0 Å². The zero-order valence-corrected chi connectivity index (χ0v) is 13.7. The highest BCUT2D eigenvalue weighted by Gasteiger charge is 2.53. The molecule has 0 saturated heterocycles. The van der Waals surface area contributed by atoms with Crippen LogP contribution in [0.25, 0.3) is 0 Å². The number of hydrogen-bond donors (Lipinski definition) is 0. The first-order valence-electron chi connectivity index (χ1n) is 8.41. The highest BCUT2D eigenvalue weighted by Crippen LogP contribution is 2.52. The molecule has 0 bridgehead atoms. The fraction of sp³-hybridized carbons (Fsp3) is 0.778. The van der Waals surface area contributed by atoms with E-state index in [1.165, 1.54) is 6.92 Å². The summed E-state index contributed by atoms with van der Waals surface area (Å²) in [5.41, 5.74) is -0.337. The summed E-state index contributed by atoms with van der Waals surface area (Å²) in [6, 6.07) is 0. The van der Waals surface area contributed by atoms with Gasteiger partial charge in [0.15, 0.2) is 0 Å². The molecule has 2 rings (SSSR count). The highest BCUT2D eigenvalue weighted by molar-refractivity contribution is 5.92. The van der Waals surface area contributed by atoms with Crippen LogP contribution in [-0.4, -0.2) is 23.1 Å². The van der Waals surface area contributed by atoms with Gasteiger partial charge < -0.3 is 4.79 Å². The van der Waals surface area contributed by atoms with Crippen molar-refractivity contribution >= 4 is 23.1 Å². The van der Waals surface area contributed by atoms with Gasteiger partial charge in [-0.05, 0) is 38.5 Å². The molecule has 0 radical (unpaired) electrons. The second-order valence-electron chi connectivity index (χ2n) is 7.19. The molecule has 2 aliphatic carbocycles. The Balaban J connectivity index is 1.88. The predicted molar refractivity (Wildman–Crippen MR) is 82.3 cm³/mol. The summed E-state index contributed by atoms with van der Waals surface area (Å²) in [7, 11) is 0. The molecule has 0 aliphatic heterocycles. The quantitative estimate of drug-likeness (QED) is 0.725. The van der Waals surface area contributed by atoms with Gasteiger partial charge in [-0.1, -0.05) is 6.92 Å². The molecule has 2 saturated carbocycles. The summed E-state index contributed by atoms with van der Waals surface area (Å²) < 4.78 is 0. The Kier molecular flexibility index (Phi) is 5.30. The number of rotatable bonds is 7. The molecular formula is C18H26O4. The van der Waals surface area contributed by atoms with E-state index in [4.69, 9.17) is 0 Å². The molecule has 22 heavy (non-hydrogen) atoms. The molecule has 4 heteroatoms. The first-order chi connectivity index (χ1) is 10.3. The second-order valence-corrected chi connectivity index (χ2v) is 7.19. The maximum atomic E-state index is 12.2. The molecule has 0 aromatic rings. The number of Topliss-reactive ketones (excluding diaryl/α,β-unsaturated/α-hetero) is 4. The van der Waals surface area contributed by atoms with Crippen LogP contribution in [0.5, 0.6) is 0 Å². The monoisotopic (exact) mass is 306 g/mol. The molecule has 0 aromatic carbocycles. The molecule has 3 atom stereocenters. The summed E-state index contributed by atoms with van der Waals surface area (Å²) >= 11 is 0. The maximum Gasteiger partial charge on any atom is 0.139 e. The summed E-state index contributed by atoms with van der Waals surface area (Å²) in [5, 5.41) is 0. The van der Waals surface area contributed by atoms with Gasteiger partial charge in [0.25, 0.3) is 0 Å². The van der Waals surface area contributed by atoms with Crippen molar-refractivity contribution in [3.05, 3.63) is 0 Å². The van der Waals surface area contributed by atoms with E-state index in [1.807, 2.05) is 6.92 Å². The van der Waals surface area contributed by atoms with Gasteiger partial charge in [-0.3, -0.25) is 14.4 Å². The number of carbonyl (C=O) groups is 4. The Hall–Kier alpha value is -1.32. The minimum Gasteiger partial charge on any atom is -0.300 e. The van der Waals surface area contributed by atoms with Gasteiger partial charge in [-0.2, -0.15) is 0 Å². The zero-order chi connectivity index (χ0) is 16.3. The van der Waals surface area contributed by atoms with Crippen molar-refractivity contribution in [1.29, 1.82) is 0 Å². The topological polar surface area (TPSA) is 68.3 Å². The Morgan fingerprint density at radius 2 is 1.86 bits per heavy atom. The van der Waals surface area contributed by atoms with E-state index in [2.05, 4.69) is 0 Å². The molecule has 4 nitrogen and oxygen atoms in total. The minimum absolute atomic E-state index is 0.107. The average Bonchev–Trinajstić information content (AvgIpc) is 2.74. The Labute approximate surface area is 132 Å². The van der Waals surface area contributed by atoms with E-state index >= 15 is 0 Å². The van der Waals surface area contributed by atoms with Crippen molar-refractivity contribution in [2.45, 2.75) is 71.6 Å². The van der Waals surface area contributed by atoms with Crippen LogP contribution in [-0.2, 0) is 19.2 Å².